The lowest BCUT2D eigenvalue weighted by Gasteiger charge is -2.27. The van der Waals surface area contributed by atoms with Crippen LogP contribution >= 0.6 is 11.3 Å². The minimum Gasteiger partial charge on any atom is -0.445 e. The van der Waals surface area contributed by atoms with E-state index in [0.717, 1.165) is 11.6 Å². The molecule has 0 saturated carbocycles. The third kappa shape index (κ3) is 3.36. The summed E-state index contributed by atoms with van der Waals surface area (Å²) in [6.45, 7) is 3.51. The molecule has 0 unspecified atom stereocenters. The summed E-state index contributed by atoms with van der Waals surface area (Å²) in [7, 11) is 0. The number of aryl methyl sites for hydroxylation is 1. The Bertz CT molecular complexity index is 956. The van der Waals surface area contributed by atoms with E-state index in [4.69, 9.17) is 4.74 Å². The number of nitrogens with one attached hydrogen (secondary N) is 1. The van der Waals surface area contributed by atoms with Crippen LogP contribution in [0, 0.1) is 12.7 Å². The summed E-state index contributed by atoms with van der Waals surface area (Å²) >= 11 is 1.17. The Labute approximate surface area is 152 Å². The third-order valence-electron chi connectivity index (χ3n) is 3.94. The standard InChI is InChI=1S/C16H15FN6O2S/c1-10-20-21-13-9-22(5-6-23(10)13)16(24)19-15-18-8-14(26-15)25-12-4-2-3-11(17)7-12/h2-4,7-8H,5-6,9H2,1H3,(H,18,19,24). The Hall–Kier alpha value is -3.01. The van der Waals surface area contributed by atoms with Gasteiger partial charge in [0.2, 0.25) is 5.06 Å². The van der Waals surface area contributed by atoms with Crippen LogP contribution in [-0.4, -0.2) is 37.2 Å². The summed E-state index contributed by atoms with van der Waals surface area (Å²) in [6.07, 6.45) is 1.49. The van der Waals surface area contributed by atoms with Crippen molar-refractivity contribution < 1.29 is 13.9 Å². The summed E-state index contributed by atoms with van der Waals surface area (Å²) in [5, 5.41) is 11.7. The number of urea groups is 1. The third-order valence-corrected chi connectivity index (χ3v) is 4.73. The number of ether oxygens (including phenoxy) is 1. The van der Waals surface area contributed by atoms with Crippen molar-refractivity contribution in [2.24, 2.45) is 0 Å². The maximum absolute atomic E-state index is 13.2. The van der Waals surface area contributed by atoms with Crippen LogP contribution in [0.1, 0.15) is 11.6 Å². The normalized spacial score (nSPS) is 13.4. The highest BCUT2D eigenvalue weighted by Gasteiger charge is 2.24. The average molecular weight is 374 g/mol. The number of fused-ring (bicyclic) bond motifs is 1. The van der Waals surface area contributed by atoms with Gasteiger partial charge < -0.3 is 14.2 Å². The molecule has 0 saturated heterocycles. The first-order chi connectivity index (χ1) is 12.6. The van der Waals surface area contributed by atoms with Crippen LogP contribution in [0.2, 0.25) is 0 Å². The maximum Gasteiger partial charge on any atom is 0.324 e. The number of amides is 2. The number of thiazole rings is 1. The quantitative estimate of drug-likeness (QED) is 0.762. The van der Waals surface area contributed by atoms with Crippen LogP contribution in [0.5, 0.6) is 10.8 Å². The molecule has 134 valence electrons. The van der Waals surface area contributed by atoms with Crippen molar-refractivity contribution in [3.05, 3.63) is 47.9 Å². The van der Waals surface area contributed by atoms with Crippen molar-refractivity contribution in [2.75, 3.05) is 11.9 Å². The van der Waals surface area contributed by atoms with Gasteiger partial charge >= 0.3 is 6.03 Å². The van der Waals surface area contributed by atoms with Gasteiger partial charge in [0.05, 0.1) is 12.7 Å². The van der Waals surface area contributed by atoms with Gasteiger partial charge in [0, 0.05) is 19.2 Å². The van der Waals surface area contributed by atoms with Gasteiger partial charge in [-0.15, -0.1) is 10.2 Å². The first kappa shape index (κ1) is 16.5. The molecule has 0 aliphatic carbocycles. The number of nitrogens with zero attached hydrogens (tertiary/aromatic N) is 5. The monoisotopic (exact) mass is 374 g/mol. The van der Waals surface area contributed by atoms with Crippen LogP contribution in [0.15, 0.2) is 30.5 Å². The fourth-order valence-corrected chi connectivity index (χ4v) is 3.34. The molecule has 0 fully saturated rings. The smallest absolute Gasteiger partial charge is 0.324 e. The van der Waals surface area contributed by atoms with Gasteiger partial charge in [-0.3, -0.25) is 5.32 Å². The maximum atomic E-state index is 13.2. The largest absolute Gasteiger partial charge is 0.445 e. The van der Waals surface area contributed by atoms with Crippen LogP contribution in [0.4, 0.5) is 14.3 Å². The SMILES string of the molecule is Cc1nnc2n1CCN(C(=O)Nc1ncc(Oc3cccc(F)c3)s1)C2. The molecule has 10 heteroatoms. The zero-order valence-electron chi connectivity index (χ0n) is 13.8. The Morgan fingerprint density at radius 3 is 3.08 bits per heavy atom. The van der Waals surface area contributed by atoms with Gasteiger partial charge in [-0.05, 0) is 19.1 Å². The fraction of sp³-hybridized carbons (Fsp3) is 0.250. The minimum atomic E-state index is -0.381. The summed E-state index contributed by atoms with van der Waals surface area (Å²) < 4.78 is 20.7. The molecular weight excluding hydrogens is 359 g/mol. The van der Waals surface area contributed by atoms with Gasteiger partial charge in [0.25, 0.3) is 0 Å². The first-order valence-electron chi connectivity index (χ1n) is 7.92. The van der Waals surface area contributed by atoms with Crippen molar-refractivity contribution in [2.45, 2.75) is 20.0 Å². The van der Waals surface area contributed by atoms with E-state index in [1.165, 1.54) is 29.7 Å². The van der Waals surface area contributed by atoms with Crippen molar-refractivity contribution in [1.29, 1.82) is 0 Å². The Morgan fingerprint density at radius 1 is 1.35 bits per heavy atom. The van der Waals surface area contributed by atoms with E-state index in [2.05, 4.69) is 20.5 Å². The number of aromatic nitrogens is 4. The molecule has 1 aromatic carbocycles. The minimum absolute atomic E-state index is 0.261. The van der Waals surface area contributed by atoms with Crippen molar-refractivity contribution in [1.82, 2.24) is 24.6 Å². The molecule has 2 amide bonds. The molecule has 2 aromatic heterocycles. The summed E-state index contributed by atoms with van der Waals surface area (Å²) in [6, 6.07) is 5.57. The van der Waals surface area contributed by atoms with Crippen LogP contribution < -0.4 is 10.1 Å². The second-order valence-corrected chi connectivity index (χ2v) is 6.70. The van der Waals surface area contributed by atoms with E-state index >= 15 is 0 Å². The summed E-state index contributed by atoms with van der Waals surface area (Å²) in [4.78, 5) is 18.2. The highest BCUT2D eigenvalue weighted by atomic mass is 32.1. The van der Waals surface area contributed by atoms with Gasteiger partial charge in [-0.1, -0.05) is 17.4 Å². The molecule has 0 atom stereocenters. The predicted octanol–water partition coefficient (Wildman–Crippen LogP) is 3.02. The Kier molecular flexibility index (Phi) is 4.25. The molecule has 1 N–H and O–H groups in total. The lowest BCUT2D eigenvalue weighted by atomic mass is 10.3. The lowest BCUT2D eigenvalue weighted by molar-refractivity contribution is 0.195. The predicted molar refractivity (Wildman–Crippen MR) is 92.8 cm³/mol. The zero-order chi connectivity index (χ0) is 18.1. The second-order valence-electron chi connectivity index (χ2n) is 5.71. The van der Waals surface area contributed by atoms with E-state index in [1.54, 1.807) is 17.0 Å². The number of carbonyl (C=O) groups is 1. The number of hydrogen-bond acceptors (Lipinski definition) is 6. The first-order valence-corrected chi connectivity index (χ1v) is 8.74. The number of halogens is 1. The summed E-state index contributed by atoms with van der Waals surface area (Å²) in [5.41, 5.74) is 0. The molecule has 4 rings (SSSR count). The van der Waals surface area contributed by atoms with E-state index < -0.39 is 0 Å². The fourth-order valence-electron chi connectivity index (χ4n) is 2.66. The molecule has 3 heterocycles. The molecular formula is C16H15FN6O2S. The lowest BCUT2D eigenvalue weighted by Crippen LogP contribution is -2.41. The van der Waals surface area contributed by atoms with E-state index in [0.29, 0.717) is 35.6 Å². The van der Waals surface area contributed by atoms with Crippen molar-refractivity contribution in [3.63, 3.8) is 0 Å². The van der Waals surface area contributed by atoms with E-state index in [-0.39, 0.29) is 11.8 Å². The molecule has 26 heavy (non-hydrogen) atoms. The molecule has 0 radical (unpaired) electrons. The van der Waals surface area contributed by atoms with Crippen molar-refractivity contribution >= 4 is 22.5 Å². The average Bonchev–Trinajstić information content (AvgIpc) is 3.21. The number of benzene rings is 1. The topological polar surface area (TPSA) is 85.2 Å². The zero-order valence-corrected chi connectivity index (χ0v) is 14.7. The van der Waals surface area contributed by atoms with E-state index in [1.807, 2.05) is 11.5 Å². The molecule has 0 spiro atoms. The van der Waals surface area contributed by atoms with Gasteiger partial charge in [0.15, 0.2) is 11.0 Å². The number of rotatable bonds is 3. The van der Waals surface area contributed by atoms with Gasteiger partial charge in [0.1, 0.15) is 17.4 Å². The van der Waals surface area contributed by atoms with Crippen LogP contribution in [0.3, 0.4) is 0 Å². The molecule has 3 aromatic rings. The molecule has 0 bridgehead atoms. The van der Waals surface area contributed by atoms with E-state index in [9.17, 15) is 9.18 Å². The molecule has 8 nitrogen and oxygen atoms in total. The van der Waals surface area contributed by atoms with Crippen LogP contribution in [0.25, 0.3) is 0 Å². The number of hydrogen-bond donors (Lipinski definition) is 1. The second kappa shape index (κ2) is 6.71. The molecule has 1 aliphatic rings. The molecule has 1 aliphatic heterocycles. The van der Waals surface area contributed by atoms with Gasteiger partial charge in [-0.2, -0.15) is 0 Å². The highest BCUT2D eigenvalue weighted by molar-refractivity contribution is 7.17. The Balaban J connectivity index is 1.39. The Morgan fingerprint density at radius 2 is 2.23 bits per heavy atom. The van der Waals surface area contributed by atoms with Crippen LogP contribution in [-0.2, 0) is 13.1 Å². The summed E-state index contributed by atoms with van der Waals surface area (Å²) in [5.74, 6) is 1.60. The number of carbonyl (C=O) groups excluding carboxylic acids is 1. The highest BCUT2D eigenvalue weighted by Crippen LogP contribution is 2.30. The number of anilines is 1. The van der Waals surface area contributed by atoms with Gasteiger partial charge in [-0.25, -0.2) is 14.2 Å². The van der Waals surface area contributed by atoms with Crippen molar-refractivity contribution in [3.8, 4) is 10.8 Å².